The van der Waals surface area contributed by atoms with Gasteiger partial charge in [0.15, 0.2) is 0 Å². The number of hydrogen-bond acceptors (Lipinski definition) is 6. The molecule has 36 heavy (non-hydrogen) atoms. The van der Waals surface area contributed by atoms with Crippen LogP contribution >= 0.6 is 11.6 Å². The van der Waals surface area contributed by atoms with Crippen molar-refractivity contribution in [2.45, 2.75) is 49.3 Å². The van der Waals surface area contributed by atoms with Crippen molar-refractivity contribution >= 4 is 38.7 Å². The highest BCUT2D eigenvalue weighted by atomic mass is 35.5. The molecule has 0 aliphatic heterocycles. The number of fused-ring (bicyclic) bond motifs is 1. The highest BCUT2D eigenvalue weighted by Crippen LogP contribution is 2.33. The predicted octanol–water partition coefficient (Wildman–Crippen LogP) is 4.66. The van der Waals surface area contributed by atoms with Crippen LogP contribution in [0.3, 0.4) is 0 Å². The lowest BCUT2D eigenvalue weighted by atomic mass is 9.92. The van der Waals surface area contributed by atoms with Crippen molar-refractivity contribution in [3.8, 4) is 11.5 Å². The Bertz CT molecular complexity index is 1340. The zero-order valence-electron chi connectivity index (χ0n) is 20.6. The van der Waals surface area contributed by atoms with E-state index >= 15 is 0 Å². The van der Waals surface area contributed by atoms with E-state index in [9.17, 15) is 8.42 Å². The first kappa shape index (κ1) is 26.2. The zero-order chi connectivity index (χ0) is 25.7. The summed E-state index contributed by atoms with van der Waals surface area (Å²) in [6.07, 6.45) is 8.59. The molecular formula is C26H31ClN4O4S. The van der Waals surface area contributed by atoms with Crippen LogP contribution in [0.15, 0.2) is 58.1 Å². The lowest BCUT2D eigenvalue weighted by Crippen LogP contribution is -2.36. The zero-order valence-corrected chi connectivity index (χ0v) is 22.2. The lowest BCUT2D eigenvalue weighted by molar-refractivity contribution is 0.139. The number of halogens is 1. The summed E-state index contributed by atoms with van der Waals surface area (Å²) in [5.74, 6) is 1.34. The minimum absolute atomic E-state index is 0.0948. The van der Waals surface area contributed by atoms with E-state index in [1.54, 1.807) is 50.6 Å². The van der Waals surface area contributed by atoms with Gasteiger partial charge in [0, 0.05) is 50.0 Å². The van der Waals surface area contributed by atoms with Gasteiger partial charge < -0.3 is 19.7 Å². The first-order chi connectivity index (χ1) is 17.2. The van der Waals surface area contributed by atoms with Gasteiger partial charge in [0.25, 0.3) is 10.0 Å². The third-order valence-electron chi connectivity index (χ3n) is 6.21. The third-order valence-corrected chi connectivity index (χ3v) is 7.72. The van der Waals surface area contributed by atoms with Crippen LogP contribution in [0.4, 0.5) is 0 Å². The molecule has 192 valence electrons. The van der Waals surface area contributed by atoms with Gasteiger partial charge in [0.2, 0.25) is 0 Å². The van der Waals surface area contributed by atoms with E-state index in [-0.39, 0.29) is 11.0 Å². The first-order valence-corrected chi connectivity index (χ1v) is 13.6. The maximum Gasteiger partial charge on any atom is 0.283 e. The molecule has 0 unspecified atom stereocenters. The average molecular weight is 531 g/mol. The Balaban J connectivity index is 1.35. The summed E-state index contributed by atoms with van der Waals surface area (Å²) < 4.78 is 40.6. The van der Waals surface area contributed by atoms with E-state index in [1.807, 2.05) is 18.2 Å². The Labute approximate surface area is 217 Å². The molecule has 3 aromatic rings. The molecule has 0 amide bonds. The van der Waals surface area contributed by atoms with Gasteiger partial charge in [-0.25, -0.2) is 0 Å². The van der Waals surface area contributed by atoms with Crippen LogP contribution in [0.5, 0.6) is 11.5 Å². The Morgan fingerprint density at radius 1 is 1.11 bits per heavy atom. The van der Waals surface area contributed by atoms with Crippen LogP contribution in [0.25, 0.3) is 10.8 Å². The SMILES string of the molecule is COc1ccc(S(=O)(=O)/N=C/N(C)C)cc1CNC1CCC(Oc2cc3ccncc3cc2Cl)CC1. The van der Waals surface area contributed by atoms with Gasteiger partial charge in [-0.15, -0.1) is 4.40 Å². The van der Waals surface area contributed by atoms with E-state index in [0.29, 0.717) is 29.1 Å². The number of hydrogen-bond donors (Lipinski definition) is 1. The Hall–Kier alpha value is -2.88. The summed E-state index contributed by atoms with van der Waals surface area (Å²) >= 11 is 6.45. The molecule has 0 bridgehead atoms. The summed E-state index contributed by atoms with van der Waals surface area (Å²) in [5.41, 5.74) is 0.773. The summed E-state index contributed by atoms with van der Waals surface area (Å²) in [6.45, 7) is 0.491. The van der Waals surface area contributed by atoms with Gasteiger partial charge >= 0.3 is 0 Å². The summed E-state index contributed by atoms with van der Waals surface area (Å²) in [6, 6.07) is 10.9. The third kappa shape index (κ3) is 6.46. The molecule has 0 atom stereocenters. The largest absolute Gasteiger partial charge is 0.496 e. The standard InChI is InChI=1S/C26H31ClN4O4S/c1-31(2)17-30-36(32,33)23-8-9-25(34-3)20(12-23)16-29-21-4-6-22(7-5-21)35-26-14-18-10-11-28-15-19(18)13-24(26)27/h8-15,17,21-22,29H,4-7,16H2,1-3H3/b30-17+. The molecule has 4 rings (SSSR count). The number of aromatic nitrogens is 1. The van der Waals surface area contributed by atoms with Gasteiger partial charge in [0.1, 0.15) is 17.8 Å². The summed E-state index contributed by atoms with van der Waals surface area (Å²) in [7, 11) is 1.23. The molecule has 10 heteroatoms. The van der Waals surface area contributed by atoms with Crippen LogP contribution in [0, 0.1) is 0 Å². The number of pyridine rings is 1. The molecule has 8 nitrogen and oxygen atoms in total. The van der Waals surface area contributed by atoms with Gasteiger partial charge in [-0.3, -0.25) is 4.98 Å². The van der Waals surface area contributed by atoms with Crippen molar-refractivity contribution < 1.29 is 17.9 Å². The number of methoxy groups -OCH3 is 1. The maximum absolute atomic E-state index is 12.6. The highest BCUT2D eigenvalue weighted by molar-refractivity contribution is 7.90. The molecular weight excluding hydrogens is 500 g/mol. The monoisotopic (exact) mass is 530 g/mol. The van der Waals surface area contributed by atoms with Crippen LogP contribution in [-0.2, 0) is 16.6 Å². The van der Waals surface area contributed by atoms with E-state index in [2.05, 4.69) is 14.7 Å². The fraction of sp³-hybridized carbons (Fsp3) is 0.385. The molecule has 1 aromatic heterocycles. The van der Waals surface area contributed by atoms with Crippen molar-refractivity contribution in [1.82, 2.24) is 15.2 Å². The van der Waals surface area contributed by atoms with Gasteiger partial charge in [-0.05, 0) is 67.5 Å². The number of sulfonamides is 1. The molecule has 0 spiro atoms. The normalized spacial score (nSPS) is 18.4. The minimum Gasteiger partial charge on any atom is -0.496 e. The Morgan fingerprint density at radius 3 is 2.61 bits per heavy atom. The Morgan fingerprint density at radius 2 is 1.89 bits per heavy atom. The highest BCUT2D eigenvalue weighted by Gasteiger charge is 2.24. The molecule has 2 aromatic carbocycles. The number of rotatable bonds is 9. The second-order valence-corrected chi connectivity index (χ2v) is 11.2. The average Bonchev–Trinajstić information content (AvgIpc) is 2.87. The van der Waals surface area contributed by atoms with Crippen LogP contribution in [0.1, 0.15) is 31.2 Å². The van der Waals surface area contributed by atoms with Crippen LogP contribution in [-0.4, -0.2) is 58.0 Å². The van der Waals surface area contributed by atoms with Gasteiger partial charge in [-0.2, -0.15) is 8.42 Å². The topological polar surface area (TPSA) is 93.1 Å². The van der Waals surface area contributed by atoms with E-state index in [4.69, 9.17) is 21.1 Å². The molecule has 1 saturated carbocycles. The molecule has 1 aliphatic carbocycles. The summed E-state index contributed by atoms with van der Waals surface area (Å²) in [4.78, 5) is 5.85. The maximum atomic E-state index is 12.6. The molecule has 1 N–H and O–H groups in total. The van der Waals surface area contributed by atoms with Crippen LogP contribution < -0.4 is 14.8 Å². The number of ether oxygens (including phenoxy) is 2. The van der Waals surface area contributed by atoms with Crippen molar-refractivity contribution in [2.24, 2.45) is 4.40 Å². The lowest BCUT2D eigenvalue weighted by Gasteiger charge is -2.30. The van der Waals surface area contributed by atoms with Crippen molar-refractivity contribution in [3.05, 3.63) is 59.4 Å². The molecule has 1 fully saturated rings. The Kier molecular flexibility index (Phi) is 8.33. The second-order valence-electron chi connectivity index (χ2n) is 9.11. The van der Waals surface area contributed by atoms with Gasteiger partial charge in [-0.1, -0.05) is 11.6 Å². The van der Waals surface area contributed by atoms with E-state index in [1.165, 1.54) is 12.4 Å². The molecule has 0 radical (unpaired) electrons. The molecule has 1 heterocycles. The van der Waals surface area contributed by atoms with Crippen LogP contribution in [0.2, 0.25) is 5.02 Å². The quantitative estimate of drug-likeness (QED) is 0.318. The minimum atomic E-state index is -3.79. The van der Waals surface area contributed by atoms with E-state index < -0.39 is 10.0 Å². The van der Waals surface area contributed by atoms with Gasteiger partial charge in [0.05, 0.1) is 23.1 Å². The first-order valence-electron chi connectivity index (χ1n) is 11.8. The molecule has 0 saturated heterocycles. The van der Waals surface area contributed by atoms with Crippen molar-refractivity contribution in [3.63, 3.8) is 0 Å². The number of nitrogens with one attached hydrogen (secondary N) is 1. The fourth-order valence-corrected chi connectivity index (χ4v) is 5.45. The smallest absolute Gasteiger partial charge is 0.283 e. The van der Waals surface area contributed by atoms with Crippen molar-refractivity contribution in [1.29, 1.82) is 0 Å². The fourth-order valence-electron chi connectivity index (χ4n) is 4.27. The molecule has 1 aliphatic rings. The number of nitrogens with zero attached hydrogens (tertiary/aromatic N) is 3. The summed E-state index contributed by atoms with van der Waals surface area (Å²) in [5, 5.41) is 6.17. The van der Waals surface area contributed by atoms with Crippen molar-refractivity contribution in [2.75, 3.05) is 21.2 Å². The second kappa shape index (κ2) is 11.5. The number of benzene rings is 2. The van der Waals surface area contributed by atoms with E-state index in [0.717, 1.165) is 42.0 Å². The predicted molar refractivity (Wildman–Crippen MR) is 143 cm³/mol.